The maximum Gasteiger partial charge on any atom is 0.321 e. The molecule has 2 fully saturated rings. The molecule has 0 radical (unpaired) electrons. The van der Waals surface area contributed by atoms with Gasteiger partial charge in [-0.05, 0) is 63.4 Å². The molecule has 30 heavy (non-hydrogen) atoms. The second-order valence-electron chi connectivity index (χ2n) is 7.85. The Labute approximate surface area is 198 Å². The lowest BCUT2D eigenvalue weighted by atomic mass is 10.1. The van der Waals surface area contributed by atoms with Crippen molar-refractivity contribution in [3.63, 3.8) is 0 Å². The van der Waals surface area contributed by atoms with Crippen LogP contribution in [0, 0.1) is 0 Å². The quantitative estimate of drug-likeness (QED) is 0.288. The number of carbonyl (C=O) groups is 1. The Kier molecular flexibility index (Phi) is 11.3. The molecular weight excluding hydrogens is 491 g/mol. The van der Waals surface area contributed by atoms with Crippen LogP contribution in [0.25, 0.3) is 0 Å². The highest BCUT2D eigenvalue weighted by atomic mass is 127. The molecule has 1 aromatic rings. The fraction of sp³-hybridized carbons (Fsp3) is 0.636. The van der Waals surface area contributed by atoms with Crippen LogP contribution in [0.2, 0.25) is 0 Å². The number of hydrogen-bond donors (Lipinski definition) is 3. The summed E-state index contributed by atoms with van der Waals surface area (Å²) in [5.74, 6) is 0.844. The number of benzene rings is 1. The third kappa shape index (κ3) is 8.29. The van der Waals surface area contributed by atoms with Crippen molar-refractivity contribution in [1.29, 1.82) is 0 Å². The van der Waals surface area contributed by atoms with E-state index in [1.54, 1.807) is 0 Å². The summed E-state index contributed by atoms with van der Waals surface area (Å²) in [7, 11) is 0. The van der Waals surface area contributed by atoms with Crippen LogP contribution in [0.1, 0.15) is 44.6 Å². The minimum absolute atomic E-state index is 0. The number of urea groups is 1. The minimum atomic E-state index is -0.00382. The van der Waals surface area contributed by atoms with Gasteiger partial charge in [-0.2, -0.15) is 0 Å². The first-order chi connectivity index (χ1) is 14.2. The van der Waals surface area contributed by atoms with Crippen molar-refractivity contribution in [3.05, 3.63) is 29.8 Å². The van der Waals surface area contributed by atoms with E-state index in [4.69, 9.17) is 4.99 Å². The van der Waals surface area contributed by atoms with E-state index >= 15 is 0 Å². The number of carbonyl (C=O) groups excluding carboxylic acids is 1. The summed E-state index contributed by atoms with van der Waals surface area (Å²) >= 11 is 0. The molecule has 2 amide bonds. The number of nitrogens with one attached hydrogen (secondary N) is 3. The lowest BCUT2D eigenvalue weighted by Gasteiger charge is -2.26. The average Bonchev–Trinajstić information content (AvgIpc) is 3.28. The van der Waals surface area contributed by atoms with Crippen molar-refractivity contribution in [2.75, 3.05) is 51.1 Å². The first-order valence-electron chi connectivity index (χ1n) is 11.1. The molecule has 0 saturated carbocycles. The van der Waals surface area contributed by atoms with Gasteiger partial charge >= 0.3 is 6.03 Å². The fourth-order valence-corrected chi connectivity index (χ4v) is 3.90. The van der Waals surface area contributed by atoms with Crippen LogP contribution in [-0.2, 0) is 6.54 Å². The monoisotopic (exact) mass is 528 g/mol. The van der Waals surface area contributed by atoms with E-state index in [0.717, 1.165) is 62.8 Å². The zero-order valence-corrected chi connectivity index (χ0v) is 20.5. The average molecular weight is 528 g/mol. The number of anilines is 1. The van der Waals surface area contributed by atoms with E-state index in [-0.39, 0.29) is 30.0 Å². The Morgan fingerprint density at radius 2 is 1.77 bits per heavy atom. The molecule has 3 rings (SSSR count). The van der Waals surface area contributed by atoms with E-state index in [1.165, 1.54) is 32.4 Å². The molecule has 2 aliphatic rings. The highest BCUT2D eigenvalue weighted by Gasteiger charge is 2.17. The van der Waals surface area contributed by atoms with E-state index in [1.807, 2.05) is 29.2 Å². The minimum Gasteiger partial charge on any atom is -0.357 e. The van der Waals surface area contributed by atoms with Gasteiger partial charge in [-0.3, -0.25) is 0 Å². The van der Waals surface area contributed by atoms with Crippen molar-refractivity contribution in [1.82, 2.24) is 20.4 Å². The van der Waals surface area contributed by atoms with Crippen molar-refractivity contribution in [2.45, 2.75) is 45.6 Å². The topological polar surface area (TPSA) is 72.0 Å². The molecule has 0 aliphatic carbocycles. The van der Waals surface area contributed by atoms with Crippen LogP contribution in [0.15, 0.2) is 29.3 Å². The lowest BCUT2D eigenvalue weighted by molar-refractivity contribution is 0.222. The summed E-state index contributed by atoms with van der Waals surface area (Å²) in [4.78, 5) is 21.4. The third-order valence-electron chi connectivity index (χ3n) is 5.50. The van der Waals surface area contributed by atoms with Gasteiger partial charge in [0.25, 0.3) is 0 Å². The van der Waals surface area contributed by atoms with Crippen molar-refractivity contribution >= 4 is 41.7 Å². The summed E-state index contributed by atoms with van der Waals surface area (Å²) in [5, 5.41) is 9.77. The molecule has 0 aromatic heterocycles. The van der Waals surface area contributed by atoms with Crippen LogP contribution >= 0.6 is 24.0 Å². The Morgan fingerprint density at radius 3 is 2.50 bits per heavy atom. The van der Waals surface area contributed by atoms with Gasteiger partial charge in [0.15, 0.2) is 5.96 Å². The Morgan fingerprint density at radius 1 is 1.03 bits per heavy atom. The summed E-state index contributed by atoms with van der Waals surface area (Å²) in [5.41, 5.74) is 1.91. The molecule has 0 bridgehead atoms. The maximum absolute atomic E-state index is 12.3. The molecular formula is C22H37IN6O. The Bertz CT molecular complexity index is 671. The van der Waals surface area contributed by atoms with Gasteiger partial charge < -0.3 is 25.8 Å². The lowest BCUT2D eigenvalue weighted by Crippen LogP contribution is -2.42. The zero-order chi connectivity index (χ0) is 20.3. The molecule has 2 saturated heterocycles. The first-order valence-corrected chi connectivity index (χ1v) is 11.1. The number of aliphatic imine (C=N–C) groups is 1. The summed E-state index contributed by atoms with van der Waals surface area (Å²) in [6.07, 6.45) is 6.20. The van der Waals surface area contributed by atoms with E-state index in [0.29, 0.717) is 6.54 Å². The normalized spacial score (nSPS) is 17.4. The SMILES string of the molecule is CCNC(=NCc1cccc(NC(=O)N2CCCC2)c1)NCCN1CCCCC1.I. The third-order valence-corrected chi connectivity index (χ3v) is 5.50. The van der Waals surface area contributed by atoms with Crippen LogP contribution in [-0.4, -0.2) is 67.6 Å². The van der Waals surface area contributed by atoms with Gasteiger partial charge in [0, 0.05) is 38.4 Å². The van der Waals surface area contributed by atoms with Gasteiger partial charge in [0.1, 0.15) is 0 Å². The summed E-state index contributed by atoms with van der Waals surface area (Å²) in [6, 6.07) is 7.96. The second-order valence-corrected chi connectivity index (χ2v) is 7.85. The Balaban J connectivity index is 0.00000320. The number of amides is 2. The molecule has 0 atom stereocenters. The molecule has 168 valence electrons. The number of halogens is 1. The standard InChI is InChI=1S/C22H36N6O.HI/c1-2-23-21(24-11-16-27-12-4-3-5-13-27)25-18-19-9-8-10-20(17-19)26-22(29)28-14-6-7-15-28;/h8-10,17H,2-7,11-16,18H2,1H3,(H,26,29)(H2,23,24,25);1H. The van der Waals surface area contributed by atoms with E-state index < -0.39 is 0 Å². The van der Waals surface area contributed by atoms with Gasteiger partial charge in [-0.1, -0.05) is 18.6 Å². The predicted octanol–water partition coefficient (Wildman–Crippen LogP) is 3.47. The van der Waals surface area contributed by atoms with Crippen LogP contribution in [0.3, 0.4) is 0 Å². The molecule has 2 aliphatic heterocycles. The van der Waals surface area contributed by atoms with Crippen LogP contribution in [0.5, 0.6) is 0 Å². The van der Waals surface area contributed by atoms with Gasteiger partial charge in [0.05, 0.1) is 6.54 Å². The number of piperidine rings is 1. The highest BCUT2D eigenvalue weighted by molar-refractivity contribution is 14.0. The molecule has 7 nitrogen and oxygen atoms in total. The van der Waals surface area contributed by atoms with Crippen molar-refractivity contribution in [3.8, 4) is 0 Å². The van der Waals surface area contributed by atoms with Crippen molar-refractivity contribution < 1.29 is 4.79 Å². The number of nitrogens with zero attached hydrogens (tertiary/aromatic N) is 3. The second kappa shape index (κ2) is 13.7. The molecule has 8 heteroatoms. The van der Waals surface area contributed by atoms with Gasteiger partial charge in [-0.25, -0.2) is 9.79 Å². The first kappa shape index (κ1) is 24.7. The summed E-state index contributed by atoms with van der Waals surface area (Å²) < 4.78 is 0. The molecule has 1 aromatic carbocycles. The van der Waals surface area contributed by atoms with Gasteiger partial charge in [0.2, 0.25) is 0 Å². The largest absolute Gasteiger partial charge is 0.357 e. The number of rotatable bonds is 7. The summed E-state index contributed by atoms with van der Waals surface area (Å²) in [6.45, 7) is 9.58. The van der Waals surface area contributed by atoms with Gasteiger partial charge in [-0.15, -0.1) is 24.0 Å². The zero-order valence-electron chi connectivity index (χ0n) is 18.2. The fourth-order valence-electron chi connectivity index (χ4n) is 3.90. The van der Waals surface area contributed by atoms with E-state index in [9.17, 15) is 4.79 Å². The number of likely N-dealkylation sites (tertiary alicyclic amines) is 2. The molecule has 3 N–H and O–H groups in total. The smallest absolute Gasteiger partial charge is 0.321 e. The maximum atomic E-state index is 12.3. The molecule has 0 unspecified atom stereocenters. The predicted molar refractivity (Wildman–Crippen MR) is 135 cm³/mol. The van der Waals surface area contributed by atoms with Crippen molar-refractivity contribution in [2.24, 2.45) is 4.99 Å². The molecule has 0 spiro atoms. The number of guanidine groups is 1. The molecule has 2 heterocycles. The highest BCUT2D eigenvalue weighted by Crippen LogP contribution is 2.14. The van der Waals surface area contributed by atoms with E-state index in [2.05, 4.69) is 27.8 Å². The Hall–Kier alpha value is -1.55. The van der Waals surface area contributed by atoms with Crippen LogP contribution in [0.4, 0.5) is 10.5 Å². The van der Waals surface area contributed by atoms with Crippen LogP contribution < -0.4 is 16.0 Å². The number of hydrogen-bond acceptors (Lipinski definition) is 3.